The van der Waals surface area contributed by atoms with Gasteiger partial charge in [-0.1, -0.05) is 24.3 Å². The number of halogens is 2. The third-order valence-electron chi connectivity index (χ3n) is 4.90. The molecule has 1 aliphatic carbocycles. The Bertz CT molecular complexity index is 806. The minimum absolute atomic E-state index is 0.0125. The van der Waals surface area contributed by atoms with Gasteiger partial charge in [-0.25, -0.2) is 9.97 Å². The molecule has 4 nitrogen and oxygen atoms in total. The summed E-state index contributed by atoms with van der Waals surface area (Å²) in [6.45, 7) is 3.55. The third kappa shape index (κ3) is 5.03. The van der Waals surface area contributed by atoms with Crippen molar-refractivity contribution in [3.63, 3.8) is 0 Å². The summed E-state index contributed by atoms with van der Waals surface area (Å²) in [7, 11) is 0. The van der Waals surface area contributed by atoms with Crippen LogP contribution >= 0.6 is 11.8 Å². The number of fused-ring (bicyclic) bond motifs is 1. The van der Waals surface area contributed by atoms with Crippen LogP contribution in [0.1, 0.15) is 53.4 Å². The molecular weight excluding hydrogens is 368 g/mol. The summed E-state index contributed by atoms with van der Waals surface area (Å²) >= 11 is 0.342. The molecule has 27 heavy (non-hydrogen) atoms. The first kappa shape index (κ1) is 19.7. The van der Waals surface area contributed by atoms with E-state index in [2.05, 4.69) is 27.4 Å². The number of thioether (sulfide) groups is 1. The number of rotatable bonds is 6. The molecule has 0 unspecified atom stereocenters. The Hall–Kier alpha value is -2.02. The molecule has 7 heteroatoms. The molecule has 144 valence electrons. The second-order valence-corrected chi connectivity index (χ2v) is 7.70. The Morgan fingerprint density at radius 1 is 1.26 bits per heavy atom. The van der Waals surface area contributed by atoms with Gasteiger partial charge in [-0.3, -0.25) is 4.79 Å². The number of aryl methyl sites for hydroxylation is 3. The lowest BCUT2D eigenvalue weighted by atomic mass is 9.87. The average Bonchev–Trinajstić information content (AvgIpc) is 2.61. The monoisotopic (exact) mass is 391 g/mol. The fraction of sp³-hybridized carbons (Fsp3) is 0.450. The predicted molar refractivity (Wildman–Crippen MR) is 102 cm³/mol. The summed E-state index contributed by atoms with van der Waals surface area (Å²) in [5, 5.41) is 3.21. The van der Waals surface area contributed by atoms with Crippen LogP contribution in [0.15, 0.2) is 29.4 Å². The predicted octanol–water partition coefficient (Wildman–Crippen LogP) is 4.53. The maximum Gasteiger partial charge on any atom is 0.291 e. The number of nitrogens with one attached hydrogen (secondary N) is 1. The van der Waals surface area contributed by atoms with Crippen molar-refractivity contribution in [3.8, 4) is 0 Å². The molecular formula is C20H23F2N3OS. The van der Waals surface area contributed by atoms with Gasteiger partial charge in [-0.15, -0.1) is 0 Å². The van der Waals surface area contributed by atoms with Crippen LogP contribution in [0, 0.1) is 13.8 Å². The highest BCUT2D eigenvalue weighted by Gasteiger charge is 2.21. The topological polar surface area (TPSA) is 54.9 Å². The van der Waals surface area contributed by atoms with Gasteiger partial charge >= 0.3 is 0 Å². The molecule has 0 bridgehead atoms. The van der Waals surface area contributed by atoms with Crippen LogP contribution in [0.2, 0.25) is 0 Å². The first-order valence-corrected chi connectivity index (χ1v) is 9.98. The van der Waals surface area contributed by atoms with Crippen LogP contribution in [0.3, 0.4) is 0 Å². The van der Waals surface area contributed by atoms with E-state index in [4.69, 9.17) is 0 Å². The van der Waals surface area contributed by atoms with Gasteiger partial charge < -0.3 is 5.32 Å². The van der Waals surface area contributed by atoms with Gasteiger partial charge in [0.05, 0.1) is 6.04 Å². The van der Waals surface area contributed by atoms with E-state index in [1.165, 1.54) is 11.1 Å². The van der Waals surface area contributed by atoms with E-state index in [0.29, 0.717) is 36.0 Å². The molecule has 3 rings (SSSR count). The van der Waals surface area contributed by atoms with Crippen LogP contribution in [0.25, 0.3) is 0 Å². The van der Waals surface area contributed by atoms with E-state index in [-0.39, 0.29) is 17.1 Å². The minimum Gasteiger partial charge on any atom is -0.349 e. The van der Waals surface area contributed by atoms with Crippen molar-refractivity contribution < 1.29 is 13.6 Å². The molecule has 0 saturated carbocycles. The van der Waals surface area contributed by atoms with Crippen LogP contribution < -0.4 is 5.32 Å². The number of aromatic nitrogens is 2. The van der Waals surface area contributed by atoms with Crippen molar-refractivity contribution in [2.75, 3.05) is 0 Å². The maximum absolute atomic E-state index is 12.5. The van der Waals surface area contributed by atoms with Crippen molar-refractivity contribution in [2.24, 2.45) is 0 Å². The quantitative estimate of drug-likeness (QED) is 0.580. The number of amides is 1. The molecule has 1 N–H and O–H groups in total. The number of nitrogens with zero attached hydrogens (tertiary/aromatic N) is 2. The van der Waals surface area contributed by atoms with E-state index in [0.717, 1.165) is 24.8 Å². The van der Waals surface area contributed by atoms with E-state index in [1.807, 2.05) is 12.1 Å². The number of carbonyl (C=O) groups excluding carboxylic acids is 1. The zero-order chi connectivity index (χ0) is 19.4. The Balaban J connectivity index is 1.62. The van der Waals surface area contributed by atoms with E-state index in [9.17, 15) is 13.6 Å². The first-order chi connectivity index (χ1) is 12.9. The molecule has 0 saturated heterocycles. The van der Waals surface area contributed by atoms with E-state index < -0.39 is 5.76 Å². The molecule has 0 fully saturated rings. The molecule has 1 heterocycles. The van der Waals surface area contributed by atoms with Gasteiger partial charge in [0.2, 0.25) is 5.91 Å². The molecule has 1 aromatic carbocycles. The van der Waals surface area contributed by atoms with Crippen molar-refractivity contribution in [1.29, 1.82) is 0 Å². The normalized spacial score (nSPS) is 16.3. The van der Waals surface area contributed by atoms with Crippen LogP contribution in [0.5, 0.6) is 0 Å². The van der Waals surface area contributed by atoms with Gasteiger partial charge in [0.25, 0.3) is 5.76 Å². The molecule has 2 aromatic rings. The Kier molecular flexibility index (Phi) is 6.42. The number of alkyl halides is 2. The van der Waals surface area contributed by atoms with Gasteiger partial charge in [0.1, 0.15) is 0 Å². The zero-order valence-corrected chi connectivity index (χ0v) is 16.3. The van der Waals surface area contributed by atoms with Gasteiger partial charge in [-0.2, -0.15) is 8.78 Å². The molecule has 1 aromatic heterocycles. The Labute approximate surface area is 162 Å². The summed E-state index contributed by atoms with van der Waals surface area (Å²) in [5.74, 6) is -2.56. The standard InChI is InChI=1S/C20H23F2N3OS/c1-12-15(13(2)24-20(23-12)27-19(21)22)10-11-18(26)25-17-9-5-7-14-6-3-4-8-16(14)17/h3-4,6,8,17,19H,5,7,9-11H2,1-2H3,(H,25,26)/t17-/m1/s1. The number of carbonyl (C=O) groups is 1. The molecule has 0 radical (unpaired) electrons. The third-order valence-corrected chi connectivity index (χ3v) is 5.47. The summed E-state index contributed by atoms with van der Waals surface area (Å²) in [4.78, 5) is 20.7. The lowest BCUT2D eigenvalue weighted by Gasteiger charge is -2.26. The maximum atomic E-state index is 12.5. The summed E-state index contributed by atoms with van der Waals surface area (Å²) in [5.41, 5.74) is 4.68. The fourth-order valence-electron chi connectivity index (χ4n) is 3.61. The van der Waals surface area contributed by atoms with Crippen LogP contribution in [-0.4, -0.2) is 21.6 Å². The van der Waals surface area contributed by atoms with Gasteiger partial charge in [0, 0.05) is 17.8 Å². The first-order valence-electron chi connectivity index (χ1n) is 9.10. The van der Waals surface area contributed by atoms with E-state index >= 15 is 0 Å². The average molecular weight is 391 g/mol. The summed E-state index contributed by atoms with van der Waals surface area (Å²) in [6.07, 6.45) is 3.89. The van der Waals surface area contributed by atoms with E-state index in [1.54, 1.807) is 13.8 Å². The van der Waals surface area contributed by atoms with Gasteiger partial charge in [0.15, 0.2) is 5.16 Å². The highest BCUT2D eigenvalue weighted by molar-refractivity contribution is 7.99. The lowest BCUT2D eigenvalue weighted by Crippen LogP contribution is -2.31. The van der Waals surface area contributed by atoms with Crippen molar-refractivity contribution in [3.05, 3.63) is 52.3 Å². The largest absolute Gasteiger partial charge is 0.349 e. The zero-order valence-electron chi connectivity index (χ0n) is 15.5. The molecule has 0 spiro atoms. The SMILES string of the molecule is Cc1nc(SC(F)F)nc(C)c1CCC(=O)N[C@@H]1CCCc2ccccc21. The van der Waals surface area contributed by atoms with Crippen LogP contribution in [0.4, 0.5) is 8.78 Å². The lowest BCUT2D eigenvalue weighted by molar-refractivity contribution is -0.121. The number of hydrogen-bond acceptors (Lipinski definition) is 4. The van der Waals surface area contributed by atoms with Gasteiger partial charge in [-0.05, 0) is 68.0 Å². The molecule has 0 aliphatic heterocycles. The Morgan fingerprint density at radius 3 is 2.67 bits per heavy atom. The molecule has 1 atom stereocenters. The highest BCUT2D eigenvalue weighted by Crippen LogP contribution is 2.29. The second kappa shape index (κ2) is 8.78. The molecule has 1 aliphatic rings. The minimum atomic E-state index is -2.54. The highest BCUT2D eigenvalue weighted by atomic mass is 32.2. The fourth-order valence-corrected chi connectivity index (χ4v) is 4.15. The summed E-state index contributed by atoms with van der Waals surface area (Å²) < 4.78 is 25.0. The summed E-state index contributed by atoms with van der Waals surface area (Å²) in [6, 6.07) is 8.31. The second-order valence-electron chi connectivity index (χ2n) is 6.75. The van der Waals surface area contributed by atoms with Crippen molar-refractivity contribution in [2.45, 2.75) is 62.9 Å². The van der Waals surface area contributed by atoms with Crippen molar-refractivity contribution >= 4 is 17.7 Å². The molecule has 1 amide bonds. The Morgan fingerprint density at radius 2 is 1.96 bits per heavy atom. The smallest absolute Gasteiger partial charge is 0.291 e. The van der Waals surface area contributed by atoms with Crippen molar-refractivity contribution in [1.82, 2.24) is 15.3 Å². The van der Waals surface area contributed by atoms with Crippen LogP contribution in [-0.2, 0) is 17.6 Å². The number of benzene rings is 1. The number of hydrogen-bond donors (Lipinski definition) is 1.